The Hall–Kier alpha value is -0.727. The summed E-state index contributed by atoms with van der Waals surface area (Å²) in [5.41, 5.74) is 5.00. The van der Waals surface area contributed by atoms with Gasteiger partial charge in [-0.3, -0.25) is 0 Å². The normalized spacial score (nSPS) is 21.0. The number of halogens is 2. The van der Waals surface area contributed by atoms with Gasteiger partial charge in [0.15, 0.2) is 0 Å². The van der Waals surface area contributed by atoms with Crippen LogP contribution in [0.5, 0.6) is 5.75 Å². The number of rotatable bonds is 6. The molecule has 0 saturated carbocycles. The zero-order valence-corrected chi connectivity index (χ0v) is 23.9. The summed E-state index contributed by atoms with van der Waals surface area (Å²) in [6.45, 7) is 17.9. The molecule has 1 aliphatic heterocycles. The maximum absolute atomic E-state index is 7.44. The van der Waals surface area contributed by atoms with Gasteiger partial charge in [-0.1, -0.05) is 0 Å². The van der Waals surface area contributed by atoms with E-state index in [1.165, 1.54) is 16.7 Å². The van der Waals surface area contributed by atoms with Crippen LogP contribution in [-0.2, 0) is 19.0 Å². The van der Waals surface area contributed by atoms with Gasteiger partial charge >= 0.3 is 207 Å². The van der Waals surface area contributed by atoms with Crippen molar-refractivity contribution < 1.29 is 17.3 Å². The zero-order chi connectivity index (χ0) is 23.9. The molecule has 2 nitrogen and oxygen atoms in total. The van der Waals surface area contributed by atoms with Crippen molar-refractivity contribution in [2.45, 2.75) is 85.9 Å². The molecular formula is C27H38Cl2NORu. The predicted molar refractivity (Wildman–Crippen MR) is 137 cm³/mol. The molecule has 0 spiro atoms. The molecule has 0 aromatic heterocycles. The third kappa shape index (κ3) is 5.17. The first-order chi connectivity index (χ1) is 14.8. The van der Waals surface area contributed by atoms with E-state index >= 15 is 0 Å². The van der Waals surface area contributed by atoms with Gasteiger partial charge in [-0.2, -0.15) is 0 Å². The summed E-state index contributed by atoms with van der Waals surface area (Å²) in [5.74, 6) is 0.840. The van der Waals surface area contributed by atoms with Crippen molar-refractivity contribution in [1.29, 1.82) is 0 Å². The fraction of sp³-hybridized carbons (Fsp3) is 0.519. The summed E-state index contributed by atoms with van der Waals surface area (Å²) in [6.07, 6.45) is 2.11. The average molecular weight is 565 g/mol. The topological polar surface area (TPSA) is 12.5 Å². The predicted octanol–water partition coefficient (Wildman–Crippen LogP) is 8.12. The van der Waals surface area contributed by atoms with Gasteiger partial charge in [0.1, 0.15) is 0 Å². The number of hydrogen-bond donors (Lipinski definition) is 0. The van der Waals surface area contributed by atoms with Gasteiger partial charge in [0.2, 0.25) is 0 Å². The minimum atomic E-state index is -3.46. The fourth-order valence-corrected chi connectivity index (χ4v) is 13.4. The molecular weight excluding hydrogens is 526 g/mol. The number of ether oxygens (including phenoxy) is 1. The van der Waals surface area contributed by atoms with Gasteiger partial charge in [-0.15, -0.1) is 0 Å². The standard InChI is InChI=1S/C17H26N.C10H12O.2ClH.Ru/c1-7-13-10-8-9-12(2)14(13)15-16(3,4)11-17(5,6)18-15;1-8(2)11-10-7-5-4-6-9(10)3;;;/h8-10,15H,7,11H2,1-6H3;3-8H,1-2H3;2*1H;/q-1;;;;+3/p-2. The Kier molecular flexibility index (Phi) is 7.68. The molecule has 1 fully saturated rings. The second kappa shape index (κ2) is 9.49. The maximum atomic E-state index is 7.44. The van der Waals surface area contributed by atoms with Crippen molar-refractivity contribution in [1.82, 2.24) is 3.64 Å². The van der Waals surface area contributed by atoms with Crippen molar-refractivity contribution in [3.05, 3.63) is 64.7 Å². The Labute approximate surface area is 205 Å². The van der Waals surface area contributed by atoms with E-state index in [2.05, 4.69) is 74.1 Å². The van der Waals surface area contributed by atoms with Crippen molar-refractivity contribution in [3.63, 3.8) is 0 Å². The van der Waals surface area contributed by atoms with E-state index in [1.54, 1.807) is 0 Å². The van der Waals surface area contributed by atoms with Crippen molar-refractivity contribution in [3.8, 4) is 5.75 Å². The van der Waals surface area contributed by atoms with Crippen LogP contribution in [0.2, 0.25) is 0 Å². The van der Waals surface area contributed by atoms with Gasteiger partial charge < -0.3 is 0 Å². The molecule has 0 N–H and O–H groups in total. The molecule has 5 heteroatoms. The van der Waals surface area contributed by atoms with Crippen molar-refractivity contribution in [2.75, 3.05) is 0 Å². The van der Waals surface area contributed by atoms with Gasteiger partial charge in [0.05, 0.1) is 0 Å². The van der Waals surface area contributed by atoms with Crippen LogP contribution in [0, 0.1) is 12.3 Å². The van der Waals surface area contributed by atoms with Gasteiger partial charge in [-0.05, 0) is 0 Å². The molecule has 179 valence electrons. The van der Waals surface area contributed by atoms with E-state index in [0.717, 1.165) is 24.2 Å². The molecule has 3 rings (SSSR count). The van der Waals surface area contributed by atoms with E-state index < -0.39 is 12.6 Å². The molecule has 1 aliphatic rings. The van der Waals surface area contributed by atoms with Gasteiger partial charge in [0, 0.05) is 0 Å². The third-order valence-corrected chi connectivity index (χ3v) is 12.4. The molecule has 0 radical (unpaired) electrons. The molecule has 2 aromatic rings. The second-order valence-electron chi connectivity index (χ2n) is 10.4. The Balaban J connectivity index is 2.23. The summed E-state index contributed by atoms with van der Waals surface area (Å²) >= 11 is -3.46. The van der Waals surface area contributed by atoms with E-state index in [0.29, 0.717) is 0 Å². The van der Waals surface area contributed by atoms with E-state index in [1.807, 2.05) is 32.0 Å². The van der Waals surface area contributed by atoms with Crippen LogP contribution in [0.3, 0.4) is 0 Å². The van der Waals surface area contributed by atoms with E-state index in [-0.39, 0.29) is 23.1 Å². The molecule has 32 heavy (non-hydrogen) atoms. The molecule has 1 atom stereocenters. The summed E-state index contributed by atoms with van der Waals surface area (Å²) in [5, 5.41) is 0. The molecule has 2 aromatic carbocycles. The van der Waals surface area contributed by atoms with Crippen LogP contribution < -0.4 is 4.74 Å². The number of nitrogens with zero attached hydrogens (tertiary/aromatic N) is 1. The molecule has 1 unspecified atom stereocenters. The Morgan fingerprint density at radius 1 is 1.09 bits per heavy atom. The van der Waals surface area contributed by atoms with Crippen molar-refractivity contribution >= 4 is 24.0 Å². The monoisotopic (exact) mass is 564 g/mol. The number of para-hydroxylation sites is 1. The Morgan fingerprint density at radius 2 is 1.75 bits per heavy atom. The quantitative estimate of drug-likeness (QED) is 0.329. The summed E-state index contributed by atoms with van der Waals surface area (Å²) in [6, 6.07) is 14.9. The summed E-state index contributed by atoms with van der Waals surface area (Å²) in [4.78, 5) is 0. The first-order valence-corrected chi connectivity index (χ1v) is 17.7. The Bertz CT molecular complexity index is 1020. The molecule has 0 aliphatic carbocycles. The number of benzene rings is 2. The molecule has 1 saturated heterocycles. The van der Waals surface area contributed by atoms with E-state index in [4.69, 9.17) is 24.1 Å². The zero-order valence-electron chi connectivity index (χ0n) is 20.7. The van der Waals surface area contributed by atoms with Gasteiger partial charge in [-0.25, -0.2) is 0 Å². The van der Waals surface area contributed by atoms with Crippen LogP contribution in [0.4, 0.5) is 0 Å². The first kappa shape index (κ1) is 25.9. The minimum absolute atomic E-state index is 0.0389. The summed E-state index contributed by atoms with van der Waals surface area (Å²) < 4.78 is 10.7. The second-order valence-corrected chi connectivity index (χ2v) is 19.4. The number of hydrogen-bond acceptors (Lipinski definition) is 2. The van der Waals surface area contributed by atoms with Crippen LogP contribution in [0.15, 0.2) is 42.5 Å². The molecule has 1 heterocycles. The van der Waals surface area contributed by atoms with Crippen LogP contribution in [0.1, 0.15) is 83.2 Å². The molecule has 0 amide bonds. The average Bonchev–Trinajstić information content (AvgIpc) is 2.86. The van der Waals surface area contributed by atoms with Crippen molar-refractivity contribution in [2.24, 2.45) is 5.41 Å². The van der Waals surface area contributed by atoms with Crippen LogP contribution in [-0.4, -0.2) is 19.9 Å². The Morgan fingerprint density at radius 3 is 2.38 bits per heavy atom. The third-order valence-electron chi connectivity index (χ3n) is 6.22. The van der Waals surface area contributed by atoms with E-state index in [9.17, 15) is 0 Å². The SMILES string of the molecule is CCc1cccc(C)c1C1[N]([Ru]([Cl])([Cl])=[CH]c2ccccc2OC(C)C)C(C)(C)CC1(C)C. The fourth-order valence-electron chi connectivity index (χ4n) is 5.39. The molecule has 0 bridgehead atoms. The van der Waals surface area contributed by atoms with Crippen LogP contribution >= 0.6 is 19.4 Å². The summed E-state index contributed by atoms with van der Waals surface area (Å²) in [7, 11) is 14.9. The van der Waals surface area contributed by atoms with Crippen LogP contribution in [0.25, 0.3) is 0 Å². The first-order valence-electron chi connectivity index (χ1n) is 11.4. The number of aryl methyl sites for hydroxylation is 2. The van der Waals surface area contributed by atoms with Gasteiger partial charge in [0.25, 0.3) is 0 Å².